The van der Waals surface area contributed by atoms with Crippen LogP contribution < -0.4 is 10.2 Å². The van der Waals surface area contributed by atoms with E-state index < -0.39 is 0 Å². The molecule has 4 rings (SSSR count). The number of rotatable bonds is 4. The van der Waals surface area contributed by atoms with Crippen molar-refractivity contribution >= 4 is 39.6 Å². The first kappa shape index (κ1) is 15.4. The summed E-state index contributed by atoms with van der Waals surface area (Å²) in [5.74, 6) is 1.06. The van der Waals surface area contributed by atoms with Gasteiger partial charge in [-0.05, 0) is 37.1 Å². The van der Waals surface area contributed by atoms with E-state index in [1.54, 1.807) is 11.3 Å². The summed E-state index contributed by atoms with van der Waals surface area (Å²) in [7, 11) is 0. The van der Waals surface area contributed by atoms with Crippen LogP contribution in [-0.4, -0.2) is 23.1 Å². The molecule has 3 aromatic rings. The smallest absolute Gasteiger partial charge is 0.187 e. The van der Waals surface area contributed by atoms with Crippen LogP contribution in [0.25, 0.3) is 11.3 Å². The molecule has 1 aliphatic heterocycles. The number of thiazole rings is 1. The van der Waals surface area contributed by atoms with Crippen molar-refractivity contribution in [3.63, 3.8) is 0 Å². The average molecular weight is 357 g/mol. The Morgan fingerprint density at radius 1 is 1.08 bits per heavy atom. The van der Waals surface area contributed by atoms with E-state index >= 15 is 0 Å². The molecule has 0 bridgehead atoms. The third kappa shape index (κ3) is 3.23. The lowest BCUT2D eigenvalue weighted by Crippen LogP contribution is -2.18. The van der Waals surface area contributed by atoms with E-state index in [1.165, 1.54) is 12.8 Å². The van der Waals surface area contributed by atoms with E-state index in [-0.39, 0.29) is 0 Å². The van der Waals surface area contributed by atoms with Crippen molar-refractivity contribution < 1.29 is 0 Å². The molecule has 1 aliphatic rings. The Kier molecular flexibility index (Phi) is 4.36. The fourth-order valence-corrected chi connectivity index (χ4v) is 3.73. The average Bonchev–Trinajstić information content (AvgIpc) is 3.29. The zero-order chi connectivity index (χ0) is 16.4. The molecule has 0 spiro atoms. The van der Waals surface area contributed by atoms with Gasteiger partial charge in [-0.15, -0.1) is 11.3 Å². The molecule has 24 heavy (non-hydrogen) atoms. The van der Waals surface area contributed by atoms with Crippen molar-refractivity contribution in [3.8, 4) is 11.3 Å². The second kappa shape index (κ2) is 6.79. The van der Waals surface area contributed by atoms with Crippen LogP contribution in [0.15, 0.2) is 48.0 Å². The molecular weight excluding hydrogens is 340 g/mol. The number of anilines is 3. The van der Waals surface area contributed by atoms with Crippen LogP contribution in [0.4, 0.5) is 16.6 Å². The van der Waals surface area contributed by atoms with Crippen LogP contribution in [0.5, 0.6) is 0 Å². The minimum absolute atomic E-state index is 0.686. The van der Waals surface area contributed by atoms with E-state index in [4.69, 9.17) is 11.6 Å². The zero-order valence-electron chi connectivity index (χ0n) is 13.1. The number of para-hydroxylation sites is 1. The molecule has 1 N–H and O–H groups in total. The zero-order valence-corrected chi connectivity index (χ0v) is 14.6. The highest BCUT2D eigenvalue weighted by atomic mass is 35.5. The molecule has 1 aromatic carbocycles. The van der Waals surface area contributed by atoms with Crippen LogP contribution in [0.2, 0.25) is 5.02 Å². The first-order valence-corrected chi connectivity index (χ1v) is 9.24. The Labute approximate surface area is 150 Å². The highest BCUT2D eigenvalue weighted by Gasteiger charge is 2.14. The van der Waals surface area contributed by atoms with Gasteiger partial charge in [-0.2, -0.15) is 0 Å². The maximum Gasteiger partial charge on any atom is 0.187 e. The van der Waals surface area contributed by atoms with Crippen LogP contribution in [0.3, 0.4) is 0 Å². The van der Waals surface area contributed by atoms with Crippen molar-refractivity contribution in [1.29, 1.82) is 0 Å². The van der Waals surface area contributed by atoms with Crippen molar-refractivity contribution in [1.82, 2.24) is 9.97 Å². The summed E-state index contributed by atoms with van der Waals surface area (Å²) in [6.07, 6.45) is 4.42. The summed E-state index contributed by atoms with van der Waals surface area (Å²) in [6, 6.07) is 11.8. The lowest BCUT2D eigenvalue weighted by Gasteiger charge is -2.15. The number of hydrogen-bond donors (Lipinski definition) is 1. The molecule has 122 valence electrons. The Hall–Kier alpha value is -2.11. The Bertz CT molecular complexity index is 825. The summed E-state index contributed by atoms with van der Waals surface area (Å²) < 4.78 is 0. The maximum atomic E-state index is 6.18. The summed E-state index contributed by atoms with van der Waals surface area (Å²) in [6.45, 7) is 2.21. The first-order chi connectivity index (χ1) is 11.8. The van der Waals surface area contributed by atoms with Gasteiger partial charge in [0.1, 0.15) is 5.82 Å². The van der Waals surface area contributed by atoms with Crippen LogP contribution >= 0.6 is 22.9 Å². The van der Waals surface area contributed by atoms with Gasteiger partial charge in [-0.3, -0.25) is 0 Å². The number of aromatic nitrogens is 2. The number of benzene rings is 1. The summed E-state index contributed by atoms with van der Waals surface area (Å²) in [4.78, 5) is 11.6. The standard InChI is InChI=1S/C18H17ClN4S/c19-14-5-1-2-6-15(14)21-18-22-16(12-24-18)13-7-8-17(20-11-13)23-9-3-4-10-23/h1-2,5-8,11-12H,3-4,9-10H2,(H,21,22). The van der Waals surface area contributed by atoms with E-state index in [0.29, 0.717) is 5.02 Å². The number of halogens is 1. The molecule has 0 atom stereocenters. The molecule has 0 unspecified atom stereocenters. The first-order valence-electron chi connectivity index (χ1n) is 7.98. The highest BCUT2D eigenvalue weighted by molar-refractivity contribution is 7.14. The molecule has 0 radical (unpaired) electrons. The predicted octanol–water partition coefficient (Wildman–Crippen LogP) is 5.20. The Morgan fingerprint density at radius 3 is 2.67 bits per heavy atom. The normalized spacial score (nSPS) is 14.1. The molecule has 1 saturated heterocycles. The van der Waals surface area contributed by atoms with Gasteiger partial charge in [0.2, 0.25) is 0 Å². The van der Waals surface area contributed by atoms with E-state index in [9.17, 15) is 0 Å². The molecule has 3 heterocycles. The molecule has 0 aliphatic carbocycles. The minimum Gasteiger partial charge on any atom is -0.357 e. The Morgan fingerprint density at radius 2 is 1.92 bits per heavy atom. The number of pyridine rings is 1. The molecule has 2 aromatic heterocycles. The van der Waals surface area contributed by atoms with E-state index in [2.05, 4.69) is 32.3 Å². The number of hydrogen-bond acceptors (Lipinski definition) is 5. The van der Waals surface area contributed by atoms with Crippen molar-refractivity contribution in [2.45, 2.75) is 12.8 Å². The molecule has 0 amide bonds. The van der Waals surface area contributed by atoms with Gasteiger partial charge in [0, 0.05) is 30.2 Å². The highest BCUT2D eigenvalue weighted by Crippen LogP contribution is 2.30. The van der Waals surface area contributed by atoms with Gasteiger partial charge in [-0.25, -0.2) is 9.97 Å². The van der Waals surface area contributed by atoms with E-state index in [1.807, 2.05) is 35.8 Å². The lowest BCUT2D eigenvalue weighted by atomic mass is 10.2. The third-order valence-electron chi connectivity index (χ3n) is 4.09. The SMILES string of the molecule is Clc1ccccc1Nc1nc(-c2ccc(N3CCCC3)nc2)cs1. The molecular formula is C18H17ClN4S. The summed E-state index contributed by atoms with van der Waals surface area (Å²) in [5, 5.41) is 6.81. The van der Waals surface area contributed by atoms with Crippen molar-refractivity contribution in [2.24, 2.45) is 0 Å². The molecule has 1 fully saturated rings. The quantitative estimate of drug-likeness (QED) is 0.697. The predicted molar refractivity (Wildman–Crippen MR) is 102 cm³/mol. The van der Waals surface area contributed by atoms with Crippen molar-refractivity contribution in [3.05, 3.63) is 53.0 Å². The van der Waals surface area contributed by atoms with Gasteiger partial charge < -0.3 is 10.2 Å². The minimum atomic E-state index is 0.686. The van der Waals surface area contributed by atoms with E-state index in [0.717, 1.165) is 41.0 Å². The largest absolute Gasteiger partial charge is 0.357 e. The van der Waals surface area contributed by atoms with Gasteiger partial charge in [0.05, 0.1) is 16.4 Å². The number of nitrogens with zero attached hydrogens (tertiary/aromatic N) is 3. The van der Waals surface area contributed by atoms with Gasteiger partial charge in [-0.1, -0.05) is 23.7 Å². The van der Waals surface area contributed by atoms with Crippen LogP contribution in [0, 0.1) is 0 Å². The lowest BCUT2D eigenvalue weighted by molar-refractivity contribution is 0.938. The maximum absolute atomic E-state index is 6.18. The van der Waals surface area contributed by atoms with Gasteiger partial charge >= 0.3 is 0 Å². The van der Waals surface area contributed by atoms with Gasteiger partial charge in [0.25, 0.3) is 0 Å². The fraction of sp³-hybridized carbons (Fsp3) is 0.222. The Balaban J connectivity index is 1.51. The third-order valence-corrected chi connectivity index (χ3v) is 5.18. The summed E-state index contributed by atoms with van der Waals surface area (Å²) in [5.41, 5.74) is 2.82. The topological polar surface area (TPSA) is 41.1 Å². The summed E-state index contributed by atoms with van der Waals surface area (Å²) >= 11 is 7.74. The monoisotopic (exact) mass is 356 g/mol. The molecule has 4 nitrogen and oxygen atoms in total. The second-order valence-electron chi connectivity index (χ2n) is 5.74. The van der Waals surface area contributed by atoms with Crippen molar-refractivity contribution in [2.75, 3.05) is 23.3 Å². The fourth-order valence-electron chi connectivity index (χ4n) is 2.81. The number of nitrogens with one attached hydrogen (secondary N) is 1. The van der Waals surface area contributed by atoms with Gasteiger partial charge in [0.15, 0.2) is 5.13 Å². The molecule has 0 saturated carbocycles. The molecule has 6 heteroatoms. The van der Waals surface area contributed by atoms with Crippen LogP contribution in [-0.2, 0) is 0 Å². The van der Waals surface area contributed by atoms with Crippen LogP contribution in [0.1, 0.15) is 12.8 Å². The second-order valence-corrected chi connectivity index (χ2v) is 7.01.